The predicted octanol–water partition coefficient (Wildman–Crippen LogP) is 5.12. The molecule has 0 aliphatic carbocycles. The lowest BCUT2D eigenvalue weighted by atomic mass is 10.1. The van der Waals surface area contributed by atoms with Crippen molar-refractivity contribution in [2.24, 2.45) is 0 Å². The van der Waals surface area contributed by atoms with E-state index in [0.717, 1.165) is 16.0 Å². The summed E-state index contributed by atoms with van der Waals surface area (Å²) in [4.78, 5) is 22.5. The van der Waals surface area contributed by atoms with E-state index in [2.05, 4.69) is 28.7 Å². The standard InChI is InChI=1S/C20H19N3OS2/c1-12(16-9-6-10-25-16)21-13(2)18-22-19(24)17-15(11-26-20(17)23-18)14-7-4-3-5-8-14/h3-13,21H,1-2H3,(H,22,23,24). The Kier molecular flexibility index (Phi) is 4.72. The third-order valence-electron chi connectivity index (χ3n) is 4.43. The third kappa shape index (κ3) is 3.23. The van der Waals surface area contributed by atoms with Crippen LogP contribution in [-0.4, -0.2) is 9.97 Å². The lowest BCUT2D eigenvalue weighted by Gasteiger charge is -2.18. The molecular weight excluding hydrogens is 362 g/mol. The smallest absolute Gasteiger partial charge is 0.260 e. The van der Waals surface area contributed by atoms with Gasteiger partial charge in [-0.1, -0.05) is 36.4 Å². The van der Waals surface area contributed by atoms with E-state index in [1.165, 1.54) is 16.2 Å². The Labute approximate surface area is 159 Å². The molecule has 2 unspecified atom stereocenters. The van der Waals surface area contributed by atoms with E-state index in [4.69, 9.17) is 4.98 Å². The molecule has 26 heavy (non-hydrogen) atoms. The number of aromatic amines is 1. The molecule has 1 aromatic carbocycles. The highest BCUT2D eigenvalue weighted by Gasteiger charge is 2.17. The second-order valence-electron chi connectivity index (χ2n) is 6.27. The summed E-state index contributed by atoms with van der Waals surface area (Å²) >= 11 is 3.24. The molecule has 2 atom stereocenters. The Morgan fingerprint density at radius 3 is 2.58 bits per heavy atom. The van der Waals surface area contributed by atoms with Gasteiger partial charge in [0.15, 0.2) is 0 Å². The first-order valence-corrected chi connectivity index (χ1v) is 10.3. The maximum atomic E-state index is 12.8. The Balaban J connectivity index is 1.67. The minimum Gasteiger partial charge on any atom is -0.309 e. The Morgan fingerprint density at radius 1 is 1.04 bits per heavy atom. The van der Waals surface area contributed by atoms with Crippen LogP contribution in [0.1, 0.15) is 36.6 Å². The zero-order chi connectivity index (χ0) is 18.1. The number of nitrogens with one attached hydrogen (secondary N) is 2. The van der Waals surface area contributed by atoms with Gasteiger partial charge in [0, 0.05) is 21.9 Å². The SMILES string of the molecule is CC(NC(C)c1cccs1)c1nc2scc(-c3ccccc3)c2c(=O)[nH]1. The van der Waals surface area contributed by atoms with Crippen molar-refractivity contribution in [3.8, 4) is 11.1 Å². The number of aromatic nitrogens is 2. The number of rotatable bonds is 5. The molecular formula is C20H19N3OS2. The fourth-order valence-electron chi connectivity index (χ4n) is 3.07. The number of benzene rings is 1. The maximum Gasteiger partial charge on any atom is 0.260 e. The normalized spacial score (nSPS) is 13.8. The molecule has 4 nitrogen and oxygen atoms in total. The van der Waals surface area contributed by atoms with Crippen LogP contribution in [0.15, 0.2) is 58.0 Å². The van der Waals surface area contributed by atoms with Gasteiger partial charge in [-0.2, -0.15) is 0 Å². The molecule has 6 heteroatoms. The highest BCUT2D eigenvalue weighted by Crippen LogP contribution is 2.31. The lowest BCUT2D eigenvalue weighted by molar-refractivity contribution is 0.482. The van der Waals surface area contributed by atoms with Gasteiger partial charge in [0.25, 0.3) is 5.56 Å². The van der Waals surface area contributed by atoms with Crippen LogP contribution in [0.3, 0.4) is 0 Å². The Hall–Kier alpha value is -2.28. The molecule has 0 radical (unpaired) electrons. The maximum absolute atomic E-state index is 12.8. The van der Waals surface area contributed by atoms with Crippen molar-refractivity contribution >= 4 is 32.9 Å². The molecule has 0 saturated heterocycles. The second kappa shape index (κ2) is 7.15. The first kappa shape index (κ1) is 17.1. The van der Waals surface area contributed by atoms with Gasteiger partial charge in [0.2, 0.25) is 0 Å². The topological polar surface area (TPSA) is 57.8 Å². The predicted molar refractivity (Wildman–Crippen MR) is 110 cm³/mol. The molecule has 0 aliphatic rings. The van der Waals surface area contributed by atoms with Gasteiger partial charge in [-0.3, -0.25) is 4.79 Å². The van der Waals surface area contributed by atoms with Gasteiger partial charge in [-0.05, 0) is 30.9 Å². The number of H-pyrrole nitrogens is 1. The molecule has 0 bridgehead atoms. The molecule has 0 aliphatic heterocycles. The average molecular weight is 382 g/mol. The van der Waals surface area contributed by atoms with Gasteiger partial charge in [0.1, 0.15) is 10.7 Å². The quantitative estimate of drug-likeness (QED) is 0.504. The molecule has 0 saturated carbocycles. The monoisotopic (exact) mass is 381 g/mol. The summed E-state index contributed by atoms with van der Waals surface area (Å²) in [5.74, 6) is 0.673. The van der Waals surface area contributed by atoms with Crippen molar-refractivity contribution in [3.63, 3.8) is 0 Å². The van der Waals surface area contributed by atoms with E-state index in [0.29, 0.717) is 11.2 Å². The number of fused-ring (bicyclic) bond motifs is 1. The average Bonchev–Trinajstić information content (AvgIpc) is 3.32. The highest BCUT2D eigenvalue weighted by molar-refractivity contribution is 7.17. The number of hydrogen-bond donors (Lipinski definition) is 2. The van der Waals surface area contributed by atoms with Crippen LogP contribution in [0.5, 0.6) is 0 Å². The number of thiophene rings is 2. The van der Waals surface area contributed by atoms with Gasteiger partial charge in [-0.15, -0.1) is 22.7 Å². The summed E-state index contributed by atoms with van der Waals surface area (Å²) in [6.07, 6.45) is 0. The summed E-state index contributed by atoms with van der Waals surface area (Å²) in [5.41, 5.74) is 1.90. The summed E-state index contributed by atoms with van der Waals surface area (Å²) < 4.78 is 0. The summed E-state index contributed by atoms with van der Waals surface area (Å²) in [6.45, 7) is 4.15. The third-order valence-corrected chi connectivity index (χ3v) is 6.35. The molecule has 4 aromatic rings. The first-order chi connectivity index (χ1) is 12.6. The molecule has 2 N–H and O–H groups in total. The van der Waals surface area contributed by atoms with Gasteiger partial charge < -0.3 is 10.3 Å². The van der Waals surface area contributed by atoms with E-state index < -0.39 is 0 Å². The molecule has 0 fully saturated rings. The van der Waals surface area contributed by atoms with Crippen LogP contribution in [0.4, 0.5) is 0 Å². The second-order valence-corrected chi connectivity index (χ2v) is 8.11. The van der Waals surface area contributed by atoms with Crippen molar-refractivity contribution in [3.05, 3.63) is 74.3 Å². The van der Waals surface area contributed by atoms with Gasteiger partial charge in [-0.25, -0.2) is 4.98 Å². The van der Waals surface area contributed by atoms with Crippen molar-refractivity contribution < 1.29 is 0 Å². The molecule has 3 heterocycles. The van der Waals surface area contributed by atoms with Crippen molar-refractivity contribution in [2.45, 2.75) is 25.9 Å². The van der Waals surface area contributed by atoms with Crippen LogP contribution < -0.4 is 10.9 Å². The molecule has 0 amide bonds. The minimum absolute atomic E-state index is 0.0496. The largest absolute Gasteiger partial charge is 0.309 e. The summed E-state index contributed by atoms with van der Waals surface area (Å²) in [6, 6.07) is 14.3. The van der Waals surface area contributed by atoms with E-state index >= 15 is 0 Å². The number of nitrogens with zero attached hydrogens (tertiary/aromatic N) is 1. The molecule has 132 valence electrons. The van der Waals surface area contributed by atoms with Crippen LogP contribution in [-0.2, 0) is 0 Å². The Bertz CT molecular complexity index is 1070. The van der Waals surface area contributed by atoms with Gasteiger partial charge >= 0.3 is 0 Å². The summed E-state index contributed by atoms with van der Waals surface area (Å²) in [5, 5.41) is 8.26. The molecule has 0 spiro atoms. The van der Waals surface area contributed by atoms with Crippen LogP contribution in [0, 0.1) is 0 Å². The Morgan fingerprint density at radius 2 is 1.85 bits per heavy atom. The fourth-order valence-corrected chi connectivity index (χ4v) is 4.77. The van der Waals surface area contributed by atoms with Crippen LogP contribution in [0.2, 0.25) is 0 Å². The van der Waals surface area contributed by atoms with Crippen molar-refractivity contribution in [1.82, 2.24) is 15.3 Å². The minimum atomic E-state index is -0.0810. The highest BCUT2D eigenvalue weighted by atomic mass is 32.1. The fraction of sp³-hybridized carbons (Fsp3) is 0.200. The first-order valence-electron chi connectivity index (χ1n) is 8.50. The van der Waals surface area contributed by atoms with Gasteiger partial charge in [0.05, 0.1) is 11.4 Å². The van der Waals surface area contributed by atoms with E-state index in [-0.39, 0.29) is 17.6 Å². The number of hydrogen-bond acceptors (Lipinski definition) is 5. The van der Waals surface area contributed by atoms with E-state index in [1.807, 2.05) is 48.7 Å². The molecule has 4 rings (SSSR count). The van der Waals surface area contributed by atoms with E-state index in [9.17, 15) is 4.79 Å². The zero-order valence-electron chi connectivity index (χ0n) is 14.5. The van der Waals surface area contributed by atoms with Crippen molar-refractivity contribution in [2.75, 3.05) is 0 Å². The summed E-state index contributed by atoms with van der Waals surface area (Å²) in [7, 11) is 0. The zero-order valence-corrected chi connectivity index (χ0v) is 16.2. The lowest BCUT2D eigenvalue weighted by Crippen LogP contribution is -2.25. The van der Waals surface area contributed by atoms with Crippen LogP contribution >= 0.6 is 22.7 Å². The van der Waals surface area contributed by atoms with Crippen LogP contribution in [0.25, 0.3) is 21.3 Å². The molecule has 3 aromatic heterocycles. The van der Waals surface area contributed by atoms with Crippen molar-refractivity contribution in [1.29, 1.82) is 0 Å². The van der Waals surface area contributed by atoms with E-state index in [1.54, 1.807) is 11.3 Å².